The molecular formula is C22H28FN5O. The Morgan fingerprint density at radius 1 is 1.10 bits per heavy atom. The van der Waals surface area contributed by atoms with Crippen LogP contribution in [0.3, 0.4) is 0 Å². The second-order valence-electron chi connectivity index (χ2n) is 7.96. The highest BCUT2D eigenvalue weighted by atomic mass is 19.1. The lowest BCUT2D eigenvalue weighted by Crippen LogP contribution is -2.49. The van der Waals surface area contributed by atoms with Crippen LogP contribution in [0.15, 0.2) is 42.6 Å². The average Bonchev–Trinajstić information content (AvgIpc) is 2.75. The van der Waals surface area contributed by atoms with Gasteiger partial charge in [-0.2, -0.15) is 0 Å². The molecule has 0 saturated carbocycles. The van der Waals surface area contributed by atoms with E-state index in [-0.39, 0.29) is 11.8 Å². The van der Waals surface area contributed by atoms with Crippen molar-refractivity contribution in [3.8, 4) is 0 Å². The highest BCUT2D eigenvalue weighted by molar-refractivity contribution is 5.96. The lowest BCUT2D eigenvalue weighted by atomic mass is 9.97. The van der Waals surface area contributed by atoms with Crippen LogP contribution in [0.5, 0.6) is 0 Å². The number of rotatable bonds is 4. The second kappa shape index (κ2) is 8.78. The average molecular weight is 397 g/mol. The number of urea groups is 1. The number of piperidine rings is 1. The molecule has 0 radical (unpaired) electrons. The van der Waals surface area contributed by atoms with Crippen LogP contribution in [-0.4, -0.2) is 55.7 Å². The number of pyridine rings is 1. The van der Waals surface area contributed by atoms with Gasteiger partial charge in [-0.05, 0) is 63.2 Å². The molecule has 29 heavy (non-hydrogen) atoms. The Kier molecular flexibility index (Phi) is 5.94. The molecule has 2 aromatic rings. The van der Waals surface area contributed by atoms with Crippen LogP contribution in [0, 0.1) is 11.7 Å². The fourth-order valence-corrected chi connectivity index (χ4v) is 4.09. The molecule has 0 aliphatic carbocycles. The molecule has 7 heteroatoms. The molecule has 154 valence electrons. The van der Waals surface area contributed by atoms with Crippen molar-refractivity contribution in [3.63, 3.8) is 0 Å². The molecule has 0 bridgehead atoms. The van der Waals surface area contributed by atoms with Gasteiger partial charge in [0, 0.05) is 19.6 Å². The molecule has 2 amide bonds. The molecule has 0 atom stereocenters. The van der Waals surface area contributed by atoms with Crippen LogP contribution >= 0.6 is 0 Å². The molecule has 1 aromatic carbocycles. The molecule has 1 fully saturated rings. The first kappa shape index (κ1) is 19.6. The second-order valence-corrected chi connectivity index (χ2v) is 7.96. The van der Waals surface area contributed by atoms with Crippen LogP contribution in [0.4, 0.5) is 20.6 Å². The number of likely N-dealkylation sites (tertiary alicyclic amines) is 1. The van der Waals surface area contributed by atoms with E-state index in [0.717, 1.165) is 49.5 Å². The summed E-state index contributed by atoms with van der Waals surface area (Å²) >= 11 is 0. The lowest BCUT2D eigenvalue weighted by molar-refractivity contribution is 0.211. The van der Waals surface area contributed by atoms with Crippen molar-refractivity contribution in [2.45, 2.75) is 19.4 Å². The van der Waals surface area contributed by atoms with Crippen molar-refractivity contribution in [1.29, 1.82) is 0 Å². The van der Waals surface area contributed by atoms with Gasteiger partial charge in [0.15, 0.2) is 0 Å². The van der Waals surface area contributed by atoms with Gasteiger partial charge in [0.1, 0.15) is 5.82 Å². The van der Waals surface area contributed by atoms with Gasteiger partial charge in [-0.1, -0.05) is 12.1 Å². The summed E-state index contributed by atoms with van der Waals surface area (Å²) in [4.78, 5) is 23.4. The molecule has 1 N–H and O–H groups in total. The Morgan fingerprint density at radius 3 is 2.59 bits per heavy atom. The number of amides is 2. The Bertz CT molecular complexity index is 835. The number of hydrogen-bond acceptors (Lipinski definition) is 4. The number of hydrogen-bond donors (Lipinski definition) is 1. The molecule has 3 heterocycles. The topological polar surface area (TPSA) is 51.7 Å². The van der Waals surface area contributed by atoms with E-state index in [0.29, 0.717) is 25.6 Å². The van der Waals surface area contributed by atoms with Gasteiger partial charge in [-0.3, -0.25) is 9.88 Å². The van der Waals surface area contributed by atoms with E-state index in [4.69, 9.17) is 0 Å². The molecule has 1 saturated heterocycles. The third-order valence-corrected chi connectivity index (χ3v) is 5.87. The van der Waals surface area contributed by atoms with E-state index in [1.54, 1.807) is 6.07 Å². The molecule has 0 unspecified atom stereocenters. The van der Waals surface area contributed by atoms with E-state index in [2.05, 4.69) is 27.1 Å². The Labute approximate surface area is 171 Å². The molecule has 0 spiro atoms. The maximum absolute atomic E-state index is 13.1. The van der Waals surface area contributed by atoms with Gasteiger partial charge in [0.05, 0.1) is 29.8 Å². The van der Waals surface area contributed by atoms with Crippen molar-refractivity contribution in [1.82, 2.24) is 15.2 Å². The molecular weight excluding hydrogens is 369 g/mol. The summed E-state index contributed by atoms with van der Waals surface area (Å²) in [7, 11) is 2.15. The van der Waals surface area contributed by atoms with Gasteiger partial charge in [-0.15, -0.1) is 0 Å². The van der Waals surface area contributed by atoms with Gasteiger partial charge in [0.2, 0.25) is 0 Å². The predicted molar refractivity (Wildman–Crippen MR) is 113 cm³/mol. The molecule has 1 aromatic heterocycles. The van der Waals surface area contributed by atoms with E-state index in [1.165, 1.54) is 12.3 Å². The van der Waals surface area contributed by atoms with Crippen LogP contribution < -0.4 is 15.1 Å². The van der Waals surface area contributed by atoms with E-state index in [1.807, 2.05) is 29.2 Å². The molecule has 4 rings (SSSR count). The molecule has 6 nitrogen and oxygen atoms in total. The van der Waals surface area contributed by atoms with Gasteiger partial charge >= 0.3 is 6.03 Å². The number of fused-ring (bicyclic) bond motifs is 1. The van der Waals surface area contributed by atoms with Crippen LogP contribution in [0.25, 0.3) is 0 Å². The predicted octanol–water partition coefficient (Wildman–Crippen LogP) is 3.10. The van der Waals surface area contributed by atoms with Crippen molar-refractivity contribution >= 4 is 17.4 Å². The Morgan fingerprint density at radius 2 is 1.86 bits per heavy atom. The first-order valence-electron chi connectivity index (χ1n) is 10.3. The summed E-state index contributed by atoms with van der Waals surface area (Å²) in [5, 5.41) is 3.14. The smallest absolute Gasteiger partial charge is 0.322 e. The van der Waals surface area contributed by atoms with Crippen LogP contribution in [0.1, 0.15) is 18.5 Å². The van der Waals surface area contributed by atoms with E-state index in [9.17, 15) is 9.18 Å². The van der Waals surface area contributed by atoms with Crippen LogP contribution in [-0.2, 0) is 6.54 Å². The largest absolute Gasteiger partial charge is 0.362 e. The van der Waals surface area contributed by atoms with Gasteiger partial charge in [-0.25, -0.2) is 9.18 Å². The van der Waals surface area contributed by atoms with E-state index >= 15 is 0 Å². The standard InChI is InChI=1S/C22H28FN5O/c1-26-10-8-17(9-11-26)14-25-22(29)28-13-12-27(20-4-2-3-5-21(20)28)16-19-7-6-18(23)15-24-19/h2-7,15,17H,8-14,16H2,1H3,(H,25,29). The first-order chi connectivity index (χ1) is 14.1. The summed E-state index contributed by atoms with van der Waals surface area (Å²) in [6.45, 7) is 4.82. The lowest BCUT2D eigenvalue weighted by Gasteiger charge is -2.38. The third kappa shape index (κ3) is 4.67. The number of halogens is 1. The first-order valence-corrected chi connectivity index (χ1v) is 10.3. The summed E-state index contributed by atoms with van der Waals surface area (Å²) < 4.78 is 13.1. The summed E-state index contributed by atoms with van der Waals surface area (Å²) in [6, 6.07) is 11.0. The minimum Gasteiger partial charge on any atom is -0.362 e. The number of benzene rings is 1. The van der Waals surface area contributed by atoms with Gasteiger partial charge < -0.3 is 15.1 Å². The molecule has 2 aliphatic rings. The quantitative estimate of drug-likeness (QED) is 0.861. The summed E-state index contributed by atoms with van der Waals surface area (Å²) in [6.07, 6.45) is 3.51. The Hall–Kier alpha value is -2.67. The van der Waals surface area contributed by atoms with Crippen molar-refractivity contribution in [2.75, 3.05) is 49.6 Å². The van der Waals surface area contributed by atoms with Crippen LogP contribution in [0.2, 0.25) is 0 Å². The maximum atomic E-state index is 13.1. The molecule has 2 aliphatic heterocycles. The van der Waals surface area contributed by atoms with Crippen molar-refractivity contribution in [2.24, 2.45) is 5.92 Å². The number of anilines is 2. The number of nitrogens with one attached hydrogen (secondary N) is 1. The van der Waals surface area contributed by atoms with Gasteiger partial charge in [0.25, 0.3) is 0 Å². The minimum atomic E-state index is -0.333. The monoisotopic (exact) mass is 397 g/mol. The van der Waals surface area contributed by atoms with E-state index < -0.39 is 0 Å². The van der Waals surface area contributed by atoms with Crippen molar-refractivity contribution in [3.05, 3.63) is 54.1 Å². The zero-order valence-corrected chi connectivity index (χ0v) is 16.9. The number of para-hydroxylation sites is 2. The third-order valence-electron chi connectivity index (χ3n) is 5.87. The number of aromatic nitrogens is 1. The summed E-state index contributed by atoms with van der Waals surface area (Å²) in [5.41, 5.74) is 2.71. The number of carbonyl (C=O) groups excluding carboxylic acids is 1. The SMILES string of the molecule is CN1CCC(CNC(=O)N2CCN(Cc3ccc(F)cn3)c3ccccc32)CC1. The number of carbonyl (C=O) groups is 1. The summed E-state index contributed by atoms with van der Waals surface area (Å²) in [5.74, 6) is 0.219. The zero-order chi connectivity index (χ0) is 20.2. The highest BCUT2D eigenvalue weighted by Gasteiger charge is 2.27. The zero-order valence-electron chi connectivity index (χ0n) is 16.9. The normalized spacial score (nSPS) is 17.9. The number of nitrogens with zero attached hydrogens (tertiary/aromatic N) is 4. The Balaban J connectivity index is 1.42. The minimum absolute atomic E-state index is 0.0315. The maximum Gasteiger partial charge on any atom is 0.322 e. The van der Waals surface area contributed by atoms with Crippen molar-refractivity contribution < 1.29 is 9.18 Å². The fraction of sp³-hybridized carbons (Fsp3) is 0.455. The fourth-order valence-electron chi connectivity index (χ4n) is 4.09. The highest BCUT2D eigenvalue weighted by Crippen LogP contribution is 2.33.